The predicted molar refractivity (Wildman–Crippen MR) is 179 cm³/mol. The fourth-order valence-corrected chi connectivity index (χ4v) is 4.92. The molecule has 0 bridgehead atoms. The smallest absolute Gasteiger partial charge is 0.408 e. The van der Waals surface area contributed by atoms with Crippen molar-refractivity contribution in [2.45, 2.75) is 84.7 Å². The number of alkyl carbamates (subject to hydrolysis) is 2. The molecule has 0 aliphatic carbocycles. The van der Waals surface area contributed by atoms with E-state index in [1.807, 2.05) is 60.7 Å². The molecule has 3 rings (SSSR count). The van der Waals surface area contributed by atoms with E-state index in [0.29, 0.717) is 6.42 Å². The molecule has 4 amide bonds. The van der Waals surface area contributed by atoms with Crippen molar-refractivity contribution in [2.75, 3.05) is 6.54 Å². The van der Waals surface area contributed by atoms with Crippen molar-refractivity contribution in [3.63, 3.8) is 0 Å². The summed E-state index contributed by atoms with van der Waals surface area (Å²) < 4.78 is 10.8. The Kier molecular flexibility index (Phi) is 13.2. The van der Waals surface area contributed by atoms with Gasteiger partial charge in [0.25, 0.3) is 0 Å². The van der Waals surface area contributed by atoms with Crippen molar-refractivity contribution < 1.29 is 33.8 Å². The molecular formula is C36H46N4O7. The zero-order valence-electron chi connectivity index (χ0n) is 27.9. The average molecular weight is 647 g/mol. The first-order chi connectivity index (χ1) is 22.2. The molecule has 3 unspecified atom stereocenters. The number of hydrogen-bond donors (Lipinski definition) is 5. The monoisotopic (exact) mass is 646 g/mol. The number of carbonyl (C=O) groups is 4. The van der Waals surface area contributed by atoms with Crippen LogP contribution in [-0.4, -0.2) is 59.4 Å². The van der Waals surface area contributed by atoms with Crippen LogP contribution in [0.1, 0.15) is 55.5 Å². The molecule has 0 saturated heterocycles. The van der Waals surface area contributed by atoms with Crippen LogP contribution >= 0.6 is 0 Å². The van der Waals surface area contributed by atoms with E-state index < -0.39 is 47.7 Å². The lowest BCUT2D eigenvalue weighted by atomic mass is 9.95. The number of aryl methyl sites for hydroxylation is 2. The maximum absolute atomic E-state index is 13.5. The maximum atomic E-state index is 13.5. The molecule has 3 aromatic rings. The summed E-state index contributed by atoms with van der Waals surface area (Å²) in [5, 5.41) is 20.9. The number of carbonyl (C=O) groups excluding carboxylic acids is 4. The second-order valence-electron chi connectivity index (χ2n) is 12.5. The Morgan fingerprint density at radius 1 is 0.766 bits per heavy atom. The Balaban J connectivity index is 1.66. The molecule has 11 nitrogen and oxygen atoms in total. The van der Waals surface area contributed by atoms with E-state index >= 15 is 0 Å². The molecule has 5 N–H and O–H groups in total. The molecule has 47 heavy (non-hydrogen) atoms. The van der Waals surface area contributed by atoms with Gasteiger partial charge in [0.05, 0.1) is 6.04 Å². The Labute approximate surface area is 276 Å². The summed E-state index contributed by atoms with van der Waals surface area (Å²) in [7, 11) is 0. The lowest BCUT2D eigenvalue weighted by Crippen LogP contribution is -2.55. The van der Waals surface area contributed by atoms with Crippen molar-refractivity contribution in [1.82, 2.24) is 21.3 Å². The van der Waals surface area contributed by atoms with E-state index in [1.165, 1.54) is 6.92 Å². The summed E-state index contributed by atoms with van der Waals surface area (Å²) >= 11 is 0. The fourth-order valence-electron chi connectivity index (χ4n) is 4.92. The number of nitrogens with one attached hydrogen (secondary N) is 4. The van der Waals surface area contributed by atoms with Crippen LogP contribution < -0.4 is 21.3 Å². The first kappa shape index (κ1) is 36.4. The number of phenols is 1. The third kappa shape index (κ3) is 12.7. The predicted octanol–water partition coefficient (Wildman–Crippen LogP) is 4.60. The first-order valence-electron chi connectivity index (χ1n) is 15.6. The summed E-state index contributed by atoms with van der Waals surface area (Å²) in [4.78, 5) is 52.0. The third-order valence-corrected chi connectivity index (χ3v) is 7.23. The number of hydrogen-bond acceptors (Lipinski definition) is 7. The van der Waals surface area contributed by atoms with Crippen molar-refractivity contribution in [1.29, 1.82) is 0 Å². The van der Waals surface area contributed by atoms with Crippen LogP contribution in [0.2, 0.25) is 0 Å². The minimum Gasteiger partial charge on any atom is -0.508 e. The molecule has 0 fully saturated rings. The number of ether oxygens (including phenoxy) is 2. The topological polar surface area (TPSA) is 155 Å². The third-order valence-electron chi connectivity index (χ3n) is 7.23. The number of benzene rings is 3. The van der Waals surface area contributed by atoms with E-state index in [0.717, 1.165) is 27.8 Å². The summed E-state index contributed by atoms with van der Waals surface area (Å²) in [6.07, 6.45) is -0.875. The molecular weight excluding hydrogens is 600 g/mol. The van der Waals surface area contributed by atoms with E-state index in [2.05, 4.69) is 21.3 Å². The van der Waals surface area contributed by atoms with Gasteiger partial charge in [0.15, 0.2) is 0 Å². The van der Waals surface area contributed by atoms with E-state index in [1.54, 1.807) is 46.8 Å². The molecule has 11 heteroatoms. The van der Waals surface area contributed by atoms with Crippen molar-refractivity contribution in [3.8, 4) is 5.75 Å². The van der Waals surface area contributed by atoms with Crippen LogP contribution in [0.15, 0.2) is 72.8 Å². The van der Waals surface area contributed by atoms with Crippen LogP contribution in [0.3, 0.4) is 0 Å². The SMILES string of the molecule is Cc1cc(O)cc(C)c1CC(NC(=O)OC(C)(C)C)C(=O)NC(C)C(=O)NCC(Cc1ccccc1)NC(=O)OCc1ccccc1. The average Bonchev–Trinajstić information content (AvgIpc) is 2.99. The number of aromatic hydroxyl groups is 1. The van der Waals surface area contributed by atoms with Crippen molar-refractivity contribution in [3.05, 3.63) is 101 Å². The lowest BCUT2D eigenvalue weighted by Gasteiger charge is -2.25. The Morgan fingerprint density at radius 2 is 1.34 bits per heavy atom. The van der Waals surface area contributed by atoms with Gasteiger partial charge in [-0.05, 0) is 87.9 Å². The molecule has 0 spiro atoms. The highest BCUT2D eigenvalue weighted by Gasteiger charge is 2.28. The summed E-state index contributed by atoms with van der Waals surface area (Å²) in [6, 6.07) is 19.4. The highest BCUT2D eigenvalue weighted by molar-refractivity contribution is 5.91. The Morgan fingerprint density at radius 3 is 1.91 bits per heavy atom. The zero-order chi connectivity index (χ0) is 34.6. The van der Waals surface area contributed by atoms with Crippen molar-refractivity contribution >= 4 is 24.0 Å². The van der Waals surface area contributed by atoms with Crippen LogP contribution in [0.4, 0.5) is 9.59 Å². The van der Waals surface area contributed by atoms with Crippen LogP contribution in [0.5, 0.6) is 5.75 Å². The summed E-state index contributed by atoms with van der Waals surface area (Å²) in [5.74, 6) is -0.975. The van der Waals surface area contributed by atoms with Gasteiger partial charge in [-0.25, -0.2) is 9.59 Å². The molecule has 0 radical (unpaired) electrons. The van der Waals surface area contributed by atoms with Crippen LogP contribution in [-0.2, 0) is 38.5 Å². The van der Waals surface area contributed by atoms with Gasteiger partial charge in [0.2, 0.25) is 11.8 Å². The molecule has 3 aromatic carbocycles. The van der Waals surface area contributed by atoms with Gasteiger partial charge in [0.1, 0.15) is 30.0 Å². The molecule has 0 aromatic heterocycles. The molecule has 0 heterocycles. The van der Waals surface area contributed by atoms with Crippen LogP contribution in [0.25, 0.3) is 0 Å². The first-order valence-corrected chi connectivity index (χ1v) is 15.6. The highest BCUT2D eigenvalue weighted by Crippen LogP contribution is 2.22. The van der Waals surface area contributed by atoms with E-state index in [9.17, 15) is 24.3 Å². The number of rotatable bonds is 13. The summed E-state index contributed by atoms with van der Waals surface area (Å²) in [5.41, 5.74) is 3.27. The van der Waals surface area contributed by atoms with Gasteiger partial charge >= 0.3 is 12.2 Å². The second-order valence-corrected chi connectivity index (χ2v) is 12.5. The molecule has 3 atom stereocenters. The van der Waals surface area contributed by atoms with Gasteiger partial charge in [0, 0.05) is 13.0 Å². The zero-order valence-corrected chi connectivity index (χ0v) is 27.9. The summed E-state index contributed by atoms with van der Waals surface area (Å²) in [6.45, 7) is 10.4. The lowest BCUT2D eigenvalue weighted by molar-refractivity contribution is -0.129. The Bertz CT molecular complexity index is 1480. The fraction of sp³-hybridized carbons (Fsp3) is 0.389. The van der Waals surface area contributed by atoms with Gasteiger partial charge in [-0.2, -0.15) is 0 Å². The standard InChI is InChI=1S/C36H46N4O7/c1-23-17-29(41)18-24(2)30(23)20-31(40-35(45)47-36(4,5)6)33(43)38-25(3)32(42)37-21-28(19-26-13-9-7-10-14-26)39-34(44)46-22-27-15-11-8-12-16-27/h7-18,25,28,31,41H,19-22H2,1-6H3,(H,37,42)(H,38,43)(H,39,44)(H,40,45). The molecule has 0 saturated carbocycles. The Hall–Kier alpha value is -5.06. The second kappa shape index (κ2) is 17.0. The maximum Gasteiger partial charge on any atom is 0.408 e. The van der Waals surface area contributed by atoms with Crippen LogP contribution in [0, 0.1) is 13.8 Å². The van der Waals surface area contributed by atoms with Gasteiger partial charge in [-0.3, -0.25) is 9.59 Å². The van der Waals surface area contributed by atoms with Gasteiger partial charge in [-0.15, -0.1) is 0 Å². The molecule has 0 aliphatic heterocycles. The minimum absolute atomic E-state index is 0.0693. The number of phenolic OH excluding ortho intramolecular Hbond substituents is 1. The minimum atomic E-state index is -1.08. The highest BCUT2D eigenvalue weighted by atomic mass is 16.6. The van der Waals surface area contributed by atoms with Crippen molar-refractivity contribution in [2.24, 2.45) is 0 Å². The van der Waals surface area contributed by atoms with E-state index in [4.69, 9.17) is 9.47 Å². The molecule has 0 aliphatic rings. The quantitative estimate of drug-likeness (QED) is 0.182. The van der Waals surface area contributed by atoms with Gasteiger partial charge < -0.3 is 35.8 Å². The largest absolute Gasteiger partial charge is 0.508 e. The van der Waals surface area contributed by atoms with E-state index in [-0.39, 0.29) is 25.3 Å². The normalized spacial score (nSPS) is 13.0. The number of amides is 4. The van der Waals surface area contributed by atoms with Gasteiger partial charge in [-0.1, -0.05) is 60.7 Å². The molecule has 252 valence electrons.